The number of H-pyrrole nitrogens is 1. The number of fused-ring (bicyclic) bond motifs is 1. The Bertz CT molecular complexity index is 663. The van der Waals surface area contributed by atoms with Crippen LogP contribution in [0.5, 0.6) is 0 Å². The minimum Gasteiger partial charge on any atom is -0.444 e. The maximum absolute atomic E-state index is 11.5. The van der Waals surface area contributed by atoms with E-state index in [1.165, 1.54) is 0 Å². The fraction of sp³-hybridized carbons (Fsp3) is 0.500. The number of carbonyl (C=O) groups is 1. The number of aromatic amines is 1. The van der Waals surface area contributed by atoms with Gasteiger partial charge in [0.15, 0.2) is 0 Å². The molecule has 1 aromatic heterocycles. The lowest BCUT2D eigenvalue weighted by molar-refractivity contribution is 0.0107. The SMILES string of the molecule is CC(C)(C)OC(=O)NCCC(O)C(O)c1[nH]nc2ccccc12. The third-order valence-corrected chi connectivity index (χ3v) is 3.26. The van der Waals surface area contributed by atoms with Crippen molar-refractivity contribution in [2.75, 3.05) is 6.54 Å². The number of amides is 1. The molecule has 1 aromatic carbocycles. The lowest BCUT2D eigenvalue weighted by Gasteiger charge is -2.21. The normalized spacial score (nSPS) is 14.5. The highest BCUT2D eigenvalue weighted by Crippen LogP contribution is 2.24. The molecule has 0 saturated carbocycles. The van der Waals surface area contributed by atoms with Crippen molar-refractivity contribution in [3.63, 3.8) is 0 Å². The van der Waals surface area contributed by atoms with Gasteiger partial charge in [-0.05, 0) is 33.3 Å². The Hall–Kier alpha value is -2.12. The number of nitrogens with zero attached hydrogens (tertiary/aromatic N) is 1. The van der Waals surface area contributed by atoms with Crippen molar-refractivity contribution in [1.29, 1.82) is 0 Å². The van der Waals surface area contributed by atoms with Crippen LogP contribution in [0.2, 0.25) is 0 Å². The van der Waals surface area contributed by atoms with Crippen molar-refractivity contribution in [2.45, 2.75) is 45.0 Å². The number of benzene rings is 1. The molecule has 0 fully saturated rings. The number of para-hydroxylation sites is 1. The van der Waals surface area contributed by atoms with Crippen molar-refractivity contribution in [3.05, 3.63) is 30.0 Å². The molecule has 23 heavy (non-hydrogen) atoms. The standard InChI is InChI=1S/C16H23N3O4/c1-16(2,3)23-15(22)17-9-8-12(20)14(21)13-10-6-4-5-7-11(10)18-19-13/h4-7,12,14,20-21H,8-9H2,1-3H3,(H,17,22)(H,18,19). The highest BCUT2D eigenvalue weighted by atomic mass is 16.6. The van der Waals surface area contributed by atoms with Crippen molar-refractivity contribution in [2.24, 2.45) is 0 Å². The summed E-state index contributed by atoms with van der Waals surface area (Å²) in [7, 11) is 0. The van der Waals surface area contributed by atoms with Crippen LogP contribution in [0.3, 0.4) is 0 Å². The summed E-state index contributed by atoms with van der Waals surface area (Å²) in [6.45, 7) is 5.51. The van der Waals surface area contributed by atoms with Gasteiger partial charge < -0.3 is 20.3 Å². The van der Waals surface area contributed by atoms with Crippen LogP contribution < -0.4 is 5.32 Å². The minimum absolute atomic E-state index is 0.188. The topological polar surface area (TPSA) is 107 Å². The Balaban J connectivity index is 1.88. The first-order chi connectivity index (χ1) is 10.8. The average molecular weight is 321 g/mol. The first-order valence-corrected chi connectivity index (χ1v) is 7.54. The molecular weight excluding hydrogens is 298 g/mol. The summed E-state index contributed by atoms with van der Waals surface area (Å²) in [6, 6.07) is 7.33. The molecule has 0 spiro atoms. The summed E-state index contributed by atoms with van der Waals surface area (Å²) < 4.78 is 5.10. The second kappa shape index (κ2) is 6.97. The molecular formula is C16H23N3O4. The van der Waals surface area contributed by atoms with Crippen LogP contribution in [0.1, 0.15) is 39.0 Å². The fourth-order valence-corrected chi connectivity index (χ4v) is 2.19. The van der Waals surface area contributed by atoms with E-state index in [9.17, 15) is 15.0 Å². The number of nitrogens with one attached hydrogen (secondary N) is 2. The van der Waals surface area contributed by atoms with Crippen molar-refractivity contribution in [3.8, 4) is 0 Å². The van der Waals surface area contributed by atoms with Crippen LogP contribution in [0.25, 0.3) is 10.9 Å². The van der Waals surface area contributed by atoms with Crippen LogP contribution in [-0.2, 0) is 4.74 Å². The van der Waals surface area contributed by atoms with Gasteiger partial charge in [0.2, 0.25) is 0 Å². The first kappa shape index (κ1) is 17.2. The molecule has 7 nitrogen and oxygen atoms in total. The Kier molecular flexibility index (Phi) is 5.23. The van der Waals surface area contributed by atoms with E-state index in [-0.39, 0.29) is 13.0 Å². The summed E-state index contributed by atoms with van der Waals surface area (Å²) in [5.74, 6) is 0. The number of aromatic nitrogens is 2. The minimum atomic E-state index is -1.11. The zero-order valence-corrected chi connectivity index (χ0v) is 13.5. The first-order valence-electron chi connectivity index (χ1n) is 7.54. The molecule has 0 aliphatic heterocycles. The van der Waals surface area contributed by atoms with Crippen LogP contribution in [0, 0.1) is 0 Å². The van der Waals surface area contributed by atoms with Gasteiger partial charge in [-0.2, -0.15) is 5.10 Å². The van der Waals surface area contributed by atoms with Crippen molar-refractivity contribution in [1.82, 2.24) is 15.5 Å². The van der Waals surface area contributed by atoms with Gasteiger partial charge in [0.05, 0.1) is 17.3 Å². The Labute approximate surface area is 134 Å². The van der Waals surface area contributed by atoms with E-state index in [1.54, 1.807) is 20.8 Å². The number of aliphatic hydroxyl groups excluding tert-OH is 2. The molecule has 7 heteroatoms. The summed E-state index contributed by atoms with van der Waals surface area (Å²) in [5, 5.41) is 30.5. The number of hydrogen-bond donors (Lipinski definition) is 4. The van der Waals surface area contributed by atoms with E-state index in [0.717, 1.165) is 10.9 Å². The molecule has 1 heterocycles. The fourth-order valence-electron chi connectivity index (χ4n) is 2.19. The molecule has 0 bridgehead atoms. The lowest BCUT2D eigenvalue weighted by atomic mass is 10.0. The van der Waals surface area contributed by atoms with Crippen molar-refractivity contribution >= 4 is 17.0 Å². The molecule has 2 atom stereocenters. The van der Waals surface area contributed by atoms with E-state index < -0.39 is 23.9 Å². The van der Waals surface area contributed by atoms with Crippen LogP contribution in [0.4, 0.5) is 4.79 Å². The lowest BCUT2D eigenvalue weighted by Crippen LogP contribution is -2.34. The molecule has 0 radical (unpaired) electrons. The predicted molar refractivity (Wildman–Crippen MR) is 85.9 cm³/mol. The predicted octanol–water partition coefficient (Wildman–Crippen LogP) is 1.87. The Morgan fingerprint density at radius 2 is 2.04 bits per heavy atom. The summed E-state index contributed by atoms with van der Waals surface area (Å²) >= 11 is 0. The maximum atomic E-state index is 11.5. The quantitative estimate of drug-likeness (QED) is 0.672. The van der Waals surface area contributed by atoms with Gasteiger partial charge >= 0.3 is 6.09 Å². The highest BCUT2D eigenvalue weighted by molar-refractivity contribution is 5.81. The van der Waals surface area contributed by atoms with Gasteiger partial charge in [-0.25, -0.2) is 4.79 Å². The number of aliphatic hydroxyl groups is 2. The van der Waals surface area contributed by atoms with Crippen LogP contribution >= 0.6 is 0 Å². The highest BCUT2D eigenvalue weighted by Gasteiger charge is 2.23. The third-order valence-electron chi connectivity index (χ3n) is 3.26. The van der Waals surface area contributed by atoms with E-state index in [4.69, 9.17) is 4.74 Å². The molecule has 4 N–H and O–H groups in total. The number of hydrogen-bond acceptors (Lipinski definition) is 5. The van der Waals surface area contributed by atoms with E-state index in [1.807, 2.05) is 24.3 Å². The number of alkyl carbamates (subject to hydrolysis) is 1. The van der Waals surface area contributed by atoms with E-state index in [2.05, 4.69) is 15.5 Å². The molecule has 0 saturated heterocycles. The van der Waals surface area contributed by atoms with Gasteiger partial charge in [-0.1, -0.05) is 18.2 Å². The summed E-state index contributed by atoms with van der Waals surface area (Å²) in [4.78, 5) is 11.5. The molecule has 2 rings (SSSR count). The number of rotatable bonds is 5. The average Bonchev–Trinajstić information content (AvgIpc) is 2.88. The van der Waals surface area contributed by atoms with Crippen LogP contribution in [0.15, 0.2) is 24.3 Å². The molecule has 0 aliphatic carbocycles. The Morgan fingerprint density at radius 1 is 1.35 bits per heavy atom. The molecule has 1 amide bonds. The van der Waals surface area contributed by atoms with Crippen LogP contribution in [-0.4, -0.2) is 44.8 Å². The van der Waals surface area contributed by atoms with E-state index >= 15 is 0 Å². The maximum Gasteiger partial charge on any atom is 0.407 e. The van der Waals surface area contributed by atoms with Crippen molar-refractivity contribution < 1.29 is 19.7 Å². The zero-order chi connectivity index (χ0) is 17.0. The van der Waals surface area contributed by atoms with Gasteiger partial charge in [0.25, 0.3) is 0 Å². The Morgan fingerprint density at radius 3 is 2.74 bits per heavy atom. The summed E-state index contributed by atoms with van der Waals surface area (Å²) in [5.41, 5.74) is 0.614. The second-order valence-electron chi connectivity index (χ2n) is 6.38. The summed E-state index contributed by atoms with van der Waals surface area (Å²) in [6.07, 6.45) is -2.50. The van der Waals surface area contributed by atoms with Gasteiger partial charge in [0.1, 0.15) is 11.7 Å². The largest absolute Gasteiger partial charge is 0.444 e. The van der Waals surface area contributed by atoms with E-state index in [0.29, 0.717) is 5.69 Å². The number of ether oxygens (including phenoxy) is 1. The monoisotopic (exact) mass is 321 g/mol. The number of carbonyl (C=O) groups excluding carboxylic acids is 1. The van der Waals surface area contributed by atoms with Gasteiger partial charge in [-0.15, -0.1) is 0 Å². The zero-order valence-electron chi connectivity index (χ0n) is 13.5. The molecule has 2 unspecified atom stereocenters. The molecule has 2 aromatic rings. The molecule has 0 aliphatic rings. The smallest absolute Gasteiger partial charge is 0.407 e. The van der Waals surface area contributed by atoms with Gasteiger partial charge in [-0.3, -0.25) is 5.10 Å². The second-order valence-corrected chi connectivity index (χ2v) is 6.38. The molecule has 126 valence electrons. The van der Waals surface area contributed by atoms with Gasteiger partial charge in [0, 0.05) is 11.9 Å². The third kappa shape index (κ3) is 4.67.